The van der Waals surface area contributed by atoms with E-state index in [2.05, 4.69) is 32.9 Å². The van der Waals surface area contributed by atoms with Crippen molar-refractivity contribution in [3.05, 3.63) is 21.9 Å². The average molecular weight is 215 g/mol. The Labute approximate surface area is 88.9 Å². The van der Waals surface area contributed by atoms with Gasteiger partial charge in [0, 0.05) is 9.75 Å². The molecule has 0 bridgehead atoms. The second-order valence-electron chi connectivity index (χ2n) is 4.65. The van der Waals surface area contributed by atoms with Gasteiger partial charge in [0.1, 0.15) is 0 Å². The fourth-order valence-corrected chi connectivity index (χ4v) is 3.36. The molecule has 2 heteroatoms. The van der Waals surface area contributed by atoms with E-state index < -0.39 is 0 Å². The van der Waals surface area contributed by atoms with Crippen molar-refractivity contribution in [2.75, 3.05) is 0 Å². The summed E-state index contributed by atoms with van der Waals surface area (Å²) < 4.78 is 0. The molecule has 1 aromatic rings. The monoisotopic (exact) mass is 214 g/mol. The largest absolute Gasteiger partial charge is 0.144 e. The molecule has 0 amide bonds. The molecule has 2 atom stereocenters. The van der Waals surface area contributed by atoms with Gasteiger partial charge in [0.15, 0.2) is 0 Å². The van der Waals surface area contributed by atoms with Gasteiger partial charge in [-0.25, -0.2) is 0 Å². The molecule has 1 saturated carbocycles. The Hall–Kier alpha value is -0.0100. The molecule has 1 heterocycles. The van der Waals surface area contributed by atoms with Crippen molar-refractivity contribution < 1.29 is 0 Å². The molecular weight excluding hydrogens is 200 g/mol. The van der Waals surface area contributed by atoms with Gasteiger partial charge in [-0.15, -0.1) is 22.9 Å². The van der Waals surface area contributed by atoms with Crippen LogP contribution in [0.15, 0.2) is 12.1 Å². The first-order chi connectivity index (χ1) is 6.00. The number of hydrogen-bond donors (Lipinski definition) is 0. The van der Waals surface area contributed by atoms with Crippen molar-refractivity contribution in [3.63, 3.8) is 0 Å². The molecule has 1 aromatic heterocycles. The average Bonchev–Trinajstić information content (AvgIpc) is 2.47. The van der Waals surface area contributed by atoms with Crippen molar-refractivity contribution in [2.45, 2.75) is 32.6 Å². The van der Waals surface area contributed by atoms with Crippen LogP contribution in [0.5, 0.6) is 0 Å². The number of thiophene rings is 1. The lowest BCUT2D eigenvalue weighted by Gasteiger charge is -2.08. The maximum Gasteiger partial charge on any atom is 0.0712 e. The Morgan fingerprint density at radius 2 is 2.15 bits per heavy atom. The SMILES string of the molecule is Cc1ccc(C(Cl)C2CC2(C)C)s1. The summed E-state index contributed by atoms with van der Waals surface area (Å²) in [5.41, 5.74) is 0.476. The summed E-state index contributed by atoms with van der Waals surface area (Å²) in [6, 6.07) is 4.33. The third-order valence-electron chi connectivity index (χ3n) is 2.98. The van der Waals surface area contributed by atoms with Crippen LogP contribution in [0.3, 0.4) is 0 Å². The molecule has 13 heavy (non-hydrogen) atoms. The topological polar surface area (TPSA) is 0 Å². The molecule has 72 valence electrons. The normalized spacial score (nSPS) is 27.2. The van der Waals surface area contributed by atoms with Gasteiger partial charge in [0.2, 0.25) is 0 Å². The fourth-order valence-electron chi connectivity index (χ4n) is 1.81. The molecule has 1 aliphatic rings. The van der Waals surface area contributed by atoms with Gasteiger partial charge < -0.3 is 0 Å². The van der Waals surface area contributed by atoms with Crippen LogP contribution in [0.1, 0.15) is 35.4 Å². The van der Waals surface area contributed by atoms with Crippen LogP contribution in [0.2, 0.25) is 0 Å². The van der Waals surface area contributed by atoms with Crippen molar-refractivity contribution in [2.24, 2.45) is 11.3 Å². The lowest BCUT2D eigenvalue weighted by molar-refractivity contribution is 0.551. The predicted octanol–water partition coefficient (Wildman–Crippen LogP) is 4.38. The minimum Gasteiger partial charge on any atom is -0.144 e. The molecule has 1 aliphatic carbocycles. The van der Waals surface area contributed by atoms with Gasteiger partial charge in [0.25, 0.3) is 0 Å². The Morgan fingerprint density at radius 1 is 1.54 bits per heavy atom. The van der Waals surface area contributed by atoms with Crippen LogP contribution in [0.4, 0.5) is 0 Å². The van der Waals surface area contributed by atoms with Crippen molar-refractivity contribution in [1.29, 1.82) is 0 Å². The molecule has 0 aliphatic heterocycles. The Kier molecular flexibility index (Phi) is 2.20. The van der Waals surface area contributed by atoms with Crippen LogP contribution in [-0.2, 0) is 0 Å². The van der Waals surface area contributed by atoms with Crippen molar-refractivity contribution in [1.82, 2.24) is 0 Å². The van der Waals surface area contributed by atoms with E-state index >= 15 is 0 Å². The van der Waals surface area contributed by atoms with E-state index in [0.29, 0.717) is 11.3 Å². The van der Waals surface area contributed by atoms with E-state index in [9.17, 15) is 0 Å². The predicted molar refractivity (Wildman–Crippen MR) is 59.5 cm³/mol. The van der Waals surface area contributed by atoms with Crippen molar-refractivity contribution in [3.8, 4) is 0 Å². The molecule has 0 saturated heterocycles. The molecule has 1 fully saturated rings. The number of aryl methyl sites for hydroxylation is 1. The Morgan fingerprint density at radius 3 is 2.54 bits per heavy atom. The second kappa shape index (κ2) is 2.99. The van der Waals surface area contributed by atoms with Crippen LogP contribution in [-0.4, -0.2) is 0 Å². The van der Waals surface area contributed by atoms with Crippen LogP contribution < -0.4 is 0 Å². The second-order valence-corrected chi connectivity index (χ2v) is 6.44. The van der Waals surface area contributed by atoms with E-state index in [0.717, 1.165) is 0 Å². The third-order valence-corrected chi connectivity index (χ3v) is 4.73. The lowest BCUT2D eigenvalue weighted by atomic mass is 10.1. The van der Waals surface area contributed by atoms with Gasteiger partial charge >= 0.3 is 0 Å². The third kappa shape index (κ3) is 1.77. The van der Waals surface area contributed by atoms with Crippen LogP contribution in [0, 0.1) is 18.3 Å². The summed E-state index contributed by atoms with van der Waals surface area (Å²) in [5, 5.41) is 0.244. The Balaban J connectivity index is 2.11. The first kappa shape index (κ1) is 9.54. The van der Waals surface area contributed by atoms with Crippen LogP contribution in [0.25, 0.3) is 0 Å². The summed E-state index contributed by atoms with van der Waals surface area (Å²) in [6.45, 7) is 6.73. The highest BCUT2D eigenvalue weighted by molar-refractivity contribution is 7.12. The maximum absolute atomic E-state index is 6.41. The number of alkyl halides is 1. The molecule has 0 spiro atoms. The Bertz CT molecular complexity index is 314. The summed E-state index contributed by atoms with van der Waals surface area (Å²) in [4.78, 5) is 2.70. The highest BCUT2D eigenvalue weighted by Gasteiger charge is 2.50. The van der Waals surface area contributed by atoms with E-state index in [1.54, 1.807) is 0 Å². The molecule has 0 aromatic carbocycles. The zero-order valence-corrected chi connectivity index (χ0v) is 9.88. The van der Waals surface area contributed by atoms with E-state index in [-0.39, 0.29) is 5.38 Å². The van der Waals surface area contributed by atoms with Crippen LogP contribution >= 0.6 is 22.9 Å². The highest BCUT2D eigenvalue weighted by atomic mass is 35.5. The summed E-state index contributed by atoms with van der Waals surface area (Å²) in [5.74, 6) is 0.687. The van der Waals surface area contributed by atoms with E-state index in [1.165, 1.54) is 16.2 Å². The summed E-state index contributed by atoms with van der Waals surface area (Å²) in [6.07, 6.45) is 1.28. The zero-order chi connectivity index (χ0) is 9.64. The van der Waals surface area contributed by atoms with Gasteiger partial charge in [-0.3, -0.25) is 0 Å². The first-order valence-electron chi connectivity index (χ1n) is 4.71. The molecule has 0 radical (unpaired) electrons. The van der Waals surface area contributed by atoms with Gasteiger partial charge in [-0.2, -0.15) is 0 Å². The van der Waals surface area contributed by atoms with Crippen molar-refractivity contribution >= 4 is 22.9 Å². The first-order valence-corrected chi connectivity index (χ1v) is 5.96. The molecule has 0 nitrogen and oxygen atoms in total. The van der Waals surface area contributed by atoms with Gasteiger partial charge in [-0.05, 0) is 36.8 Å². The summed E-state index contributed by atoms with van der Waals surface area (Å²) in [7, 11) is 0. The van der Waals surface area contributed by atoms with E-state index in [4.69, 9.17) is 11.6 Å². The number of rotatable bonds is 2. The standard InChI is InChI=1S/C11H15ClS/c1-7-4-5-9(13-7)10(12)8-6-11(8,2)3/h4-5,8,10H,6H2,1-3H3. The molecule has 2 rings (SSSR count). The van der Waals surface area contributed by atoms with E-state index in [1.807, 2.05) is 11.3 Å². The quantitative estimate of drug-likeness (QED) is 0.641. The smallest absolute Gasteiger partial charge is 0.0712 e. The minimum absolute atomic E-state index is 0.244. The number of halogens is 1. The highest BCUT2D eigenvalue weighted by Crippen LogP contribution is 2.60. The molecular formula is C11H15ClS. The molecule has 0 N–H and O–H groups in total. The van der Waals surface area contributed by atoms with Gasteiger partial charge in [-0.1, -0.05) is 13.8 Å². The zero-order valence-electron chi connectivity index (χ0n) is 8.30. The summed E-state index contributed by atoms with van der Waals surface area (Å²) >= 11 is 8.24. The maximum atomic E-state index is 6.41. The molecule has 2 unspecified atom stereocenters. The van der Waals surface area contributed by atoms with Gasteiger partial charge in [0.05, 0.1) is 5.38 Å². The number of hydrogen-bond acceptors (Lipinski definition) is 1. The fraction of sp³-hybridized carbons (Fsp3) is 0.636. The minimum atomic E-state index is 0.244. The lowest BCUT2D eigenvalue weighted by Crippen LogP contribution is -1.96.